The van der Waals surface area contributed by atoms with E-state index in [1.165, 1.54) is 22.3 Å². The van der Waals surface area contributed by atoms with Crippen molar-refractivity contribution in [3.63, 3.8) is 0 Å². The first-order valence-corrected chi connectivity index (χ1v) is 11.3. The van der Waals surface area contributed by atoms with E-state index >= 15 is 0 Å². The second-order valence-corrected chi connectivity index (χ2v) is 8.94. The maximum atomic E-state index is 14.9. The quantitative estimate of drug-likeness (QED) is 0.392. The third kappa shape index (κ3) is 4.86. The van der Waals surface area contributed by atoms with E-state index in [1.54, 1.807) is 46.6 Å². The standard InChI is InChI=1S/C23H21ClFN5OS.H2S/c1-29-7-6-15(12-29)27-23(31)22-9-16(13-32-22)30-21-10-18(25)20(8-14(21)11-26-30)28-19-5-3-2-4-17(19)24;/h2-5,8-11,13,15,28H,6-7,12H2,1H3,(H,27,31);1H2/i1D3;. The first-order valence-electron chi connectivity index (χ1n) is 11.5. The normalized spacial score (nSPS) is 17.8. The third-order valence-corrected chi connectivity index (χ3v) is 6.62. The molecular weight excluding hydrogens is 481 g/mol. The Bertz CT molecular complexity index is 1410. The van der Waals surface area contributed by atoms with Crippen LogP contribution in [-0.4, -0.2) is 46.7 Å². The monoisotopic (exact) mass is 506 g/mol. The number of amides is 1. The number of likely N-dealkylation sites (tertiary alicyclic amines) is 1. The fraction of sp³-hybridized carbons (Fsp3) is 0.217. The number of nitrogens with zero attached hydrogens (tertiary/aromatic N) is 3. The van der Waals surface area contributed by atoms with Crippen molar-refractivity contribution in [1.82, 2.24) is 20.0 Å². The Morgan fingerprint density at radius 2 is 2.15 bits per heavy atom. The summed E-state index contributed by atoms with van der Waals surface area (Å²) < 4.78 is 39.0. The molecule has 5 rings (SSSR count). The number of hydrogen-bond donors (Lipinski definition) is 2. The number of carbonyl (C=O) groups excluding carboxylic acids is 1. The average molecular weight is 507 g/mol. The van der Waals surface area contributed by atoms with Crippen LogP contribution >= 0.6 is 36.4 Å². The lowest BCUT2D eigenvalue weighted by Gasteiger charge is -2.11. The number of likely N-dealkylation sites (N-methyl/N-ethyl adjacent to an activating group) is 1. The second kappa shape index (κ2) is 9.72. The highest BCUT2D eigenvalue weighted by Gasteiger charge is 2.22. The first kappa shape index (κ1) is 19.8. The molecule has 1 fully saturated rings. The van der Waals surface area contributed by atoms with Gasteiger partial charge in [0.15, 0.2) is 0 Å². The molecule has 2 aromatic heterocycles. The zero-order chi connectivity index (χ0) is 24.7. The molecule has 6 nitrogen and oxygen atoms in total. The van der Waals surface area contributed by atoms with Gasteiger partial charge in [-0.05, 0) is 44.2 Å². The molecule has 1 amide bonds. The van der Waals surface area contributed by atoms with Crippen molar-refractivity contribution in [2.24, 2.45) is 0 Å². The number of fused-ring (bicyclic) bond motifs is 1. The van der Waals surface area contributed by atoms with Gasteiger partial charge in [-0.3, -0.25) is 4.79 Å². The number of halogens is 2. The summed E-state index contributed by atoms with van der Waals surface area (Å²) in [6.45, 7) is -1.46. The summed E-state index contributed by atoms with van der Waals surface area (Å²) in [6.07, 6.45) is 2.21. The number of carbonyl (C=O) groups is 1. The molecule has 0 saturated carbocycles. The number of benzene rings is 2. The molecule has 1 unspecified atom stereocenters. The minimum absolute atomic E-state index is 0. The average Bonchev–Trinajstić information content (AvgIpc) is 3.54. The minimum atomic E-state index is -2.16. The van der Waals surface area contributed by atoms with Crippen molar-refractivity contribution in [1.29, 1.82) is 0 Å². The summed E-state index contributed by atoms with van der Waals surface area (Å²) >= 11 is 7.42. The van der Waals surface area contributed by atoms with Crippen LogP contribution in [0, 0.1) is 5.82 Å². The van der Waals surface area contributed by atoms with Crippen LogP contribution in [0.5, 0.6) is 0 Å². The molecule has 1 saturated heterocycles. The smallest absolute Gasteiger partial charge is 0.261 e. The van der Waals surface area contributed by atoms with Crippen molar-refractivity contribution in [3.8, 4) is 5.69 Å². The molecular formula is C23H23ClFN5OS2. The van der Waals surface area contributed by atoms with Gasteiger partial charge in [-0.25, -0.2) is 9.07 Å². The molecule has 2 aromatic carbocycles. The van der Waals surface area contributed by atoms with Gasteiger partial charge in [0.05, 0.1) is 38.7 Å². The number of para-hydroxylation sites is 1. The highest BCUT2D eigenvalue weighted by atomic mass is 35.5. The van der Waals surface area contributed by atoms with E-state index in [2.05, 4.69) is 15.7 Å². The molecule has 1 atom stereocenters. The number of hydrogen-bond acceptors (Lipinski definition) is 5. The van der Waals surface area contributed by atoms with Gasteiger partial charge in [0.2, 0.25) is 0 Å². The van der Waals surface area contributed by atoms with Crippen LogP contribution in [0.25, 0.3) is 16.6 Å². The largest absolute Gasteiger partial charge is 0.352 e. The van der Waals surface area contributed by atoms with Crippen LogP contribution < -0.4 is 10.6 Å². The molecule has 1 aliphatic rings. The molecule has 1 aliphatic heterocycles. The first-order chi connectivity index (χ1) is 16.7. The Morgan fingerprint density at radius 1 is 1.30 bits per heavy atom. The predicted octanol–water partition coefficient (Wildman–Crippen LogP) is 5.17. The van der Waals surface area contributed by atoms with E-state index in [0.717, 1.165) is 0 Å². The summed E-state index contributed by atoms with van der Waals surface area (Å²) in [5, 5.41) is 13.3. The van der Waals surface area contributed by atoms with Crippen LogP contribution in [0.2, 0.25) is 5.02 Å². The SMILES string of the molecule is S.[2H]C([2H])([2H])N1CCC(NC(=O)c2cc(-n3ncc4cc(Nc5ccccc5Cl)c(F)cc43)cs2)C1. The molecule has 33 heavy (non-hydrogen) atoms. The Kier molecular flexibility index (Phi) is 5.85. The van der Waals surface area contributed by atoms with Crippen molar-refractivity contribution in [2.75, 3.05) is 25.4 Å². The lowest BCUT2D eigenvalue weighted by atomic mass is 10.2. The maximum Gasteiger partial charge on any atom is 0.261 e. The number of nitrogens with one attached hydrogen (secondary N) is 2. The van der Waals surface area contributed by atoms with Gasteiger partial charge in [0.25, 0.3) is 5.91 Å². The summed E-state index contributed by atoms with van der Waals surface area (Å²) in [5.74, 6) is -0.736. The number of aromatic nitrogens is 2. The fourth-order valence-corrected chi connectivity index (χ4v) is 4.70. The van der Waals surface area contributed by atoms with Crippen LogP contribution in [0.3, 0.4) is 0 Å². The topological polar surface area (TPSA) is 62.2 Å². The van der Waals surface area contributed by atoms with E-state index in [-0.39, 0.29) is 37.7 Å². The molecule has 2 N–H and O–H groups in total. The molecule has 0 bridgehead atoms. The van der Waals surface area contributed by atoms with Crippen molar-refractivity contribution >= 4 is 64.6 Å². The van der Waals surface area contributed by atoms with E-state index in [9.17, 15) is 9.18 Å². The number of thiophene rings is 1. The molecule has 10 heteroatoms. The van der Waals surface area contributed by atoms with Gasteiger partial charge in [-0.2, -0.15) is 18.6 Å². The van der Waals surface area contributed by atoms with Crippen molar-refractivity contribution in [3.05, 3.63) is 69.8 Å². The lowest BCUT2D eigenvalue weighted by molar-refractivity contribution is 0.0942. The Labute approximate surface area is 211 Å². The van der Waals surface area contributed by atoms with Gasteiger partial charge in [0.1, 0.15) is 5.82 Å². The summed E-state index contributed by atoms with van der Waals surface area (Å²) in [7, 11) is 0. The molecule has 172 valence electrons. The van der Waals surface area contributed by atoms with E-state index in [4.69, 9.17) is 15.7 Å². The Morgan fingerprint density at radius 3 is 2.94 bits per heavy atom. The Hall–Kier alpha value is -2.59. The molecule has 0 aliphatic carbocycles. The van der Waals surface area contributed by atoms with E-state index in [0.29, 0.717) is 45.1 Å². The van der Waals surface area contributed by atoms with Crippen LogP contribution in [0.15, 0.2) is 54.0 Å². The molecule has 4 aromatic rings. The summed E-state index contributed by atoms with van der Waals surface area (Å²) in [5.41, 5.74) is 2.06. The Balaban J connectivity index is 0.00000304. The lowest BCUT2D eigenvalue weighted by Crippen LogP contribution is -2.36. The highest BCUT2D eigenvalue weighted by Crippen LogP contribution is 2.31. The predicted molar refractivity (Wildman–Crippen MR) is 137 cm³/mol. The van der Waals surface area contributed by atoms with Gasteiger partial charge < -0.3 is 15.5 Å². The molecule has 0 radical (unpaired) electrons. The fourth-order valence-electron chi connectivity index (χ4n) is 3.75. The van der Waals surface area contributed by atoms with Crippen molar-refractivity contribution in [2.45, 2.75) is 12.5 Å². The van der Waals surface area contributed by atoms with Gasteiger partial charge in [-0.15, -0.1) is 11.3 Å². The van der Waals surface area contributed by atoms with Gasteiger partial charge >= 0.3 is 0 Å². The third-order valence-electron chi connectivity index (χ3n) is 5.38. The summed E-state index contributed by atoms with van der Waals surface area (Å²) in [4.78, 5) is 14.6. The zero-order valence-electron chi connectivity index (χ0n) is 20.3. The zero-order valence-corrected chi connectivity index (χ0v) is 19.9. The van der Waals surface area contributed by atoms with Gasteiger partial charge in [0, 0.05) is 33.5 Å². The molecule has 0 spiro atoms. The number of rotatable bonds is 5. The van der Waals surface area contributed by atoms with Crippen LogP contribution in [0.1, 0.15) is 20.2 Å². The summed E-state index contributed by atoms with van der Waals surface area (Å²) in [6, 6.07) is 11.6. The maximum absolute atomic E-state index is 14.9. The van der Waals surface area contributed by atoms with Crippen molar-refractivity contribution < 1.29 is 13.3 Å². The minimum Gasteiger partial charge on any atom is -0.352 e. The van der Waals surface area contributed by atoms with E-state index < -0.39 is 12.8 Å². The van der Waals surface area contributed by atoms with Crippen LogP contribution in [0.4, 0.5) is 15.8 Å². The van der Waals surface area contributed by atoms with Gasteiger partial charge in [-0.1, -0.05) is 23.7 Å². The van der Waals surface area contributed by atoms with E-state index in [1.807, 2.05) is 6.07 Å². The second-order valence-electron chi connectivity index (χ2n) is 7.63. The highest BCUT2D eigenvalue weighted by molar-refractivity contribution is 7.59. The number of anilines is 2. The van der Waals surface area contributed by atoms with Crippen LogP contribution in [-0.2, 0) is 0 Å². The molecule has 3 heterocycles.